The van der Waals surface area contributed by atoms with Gasteiger partial charge in [-0.15, -0.1) is 0 Å². The van der Waals surface area contributed by atoms with Gasteiger partial charge in [-0.1, -0.05) is 204 Å². The van der Waals surface area contributed by atoms with Crippen LogP contribution in [0.25, 0.3) is 66.4 Å². The van der Waals surface area contributed by atoms with Gasteiger partial charge in [0.25, 0.3) is 0 Å². The van der Waals surface area contributed by atoms with E-state index in [1.54, 1.807) is 0 Å². The smallest absolute Gasteiger partial charge is 0.0618 e. The van der Waals surface area contributed by atoms with Crippen LogP contribution in [-0.4, -0.2) is 0 Å². The lowest BCUT2D eigenvalue weighted by atomic mass is 9.78. The van der Waals surface area contributed by atoms with Crippen LogP contribution in [0.5, 0.6) is 0 Å². The maximum Gasteiger partial charge on any atom is 0.0618 e. The highest BCUT2D eigenvalue weighted by Crippen LogP contribution is 2.55. The molecule has 1 nitrogen and oxygen atoms in total. The molecule has 0 aliphatic heterocycles. The van der Waals surface area contributed by atoms with Crippen molar-refractivity contribution in [3.05, 3.63) is 222 Å². The summed E-state index contributed by atoms with van der Waals surface area (Å²) in [5.41, 5.74) is 21.4. The molecule has 2 aliphatic carbocycles. The third-order valence-corrected chi connectivity index (χ3v) is 13.3. The Morgan fingerprint density at radius 2 is 0.881 bits per heavy atom. The van der Waals surface area contributed by atoms with Gasteiger partial charge < -0.3 is 4.90 Å². The van der Waals surface area contributed by atoms with E-state index in [1.807, 2.05) is 0 Å². The summed E-state index contributed by atoms with van der Waals surface area (Å²) in [6.45, 7) is 9.49. The maximum absolute atomic E-state index is 2.53. The molecular formula is C58H45N. The van der Waals surface area contributed by atoms with Crippen molar-refractivity contribution >= 4 is 27.8 Å². The Balaban J connectivity index is 1.13. The van der Waals surface area contributed by atoms with Gasteiger partial charge in [-0.2, -0.15) is 0 Å². The summed E-state index contributed by atoms with van der Waals surface area (Å²) >= 11 is 0. The normalized spacial score (nSPS) is 14.0. The molecular weight excluding hydrogens is 711 g/mol. The molecule has 0 radical (unpaired) electrons. The van der Waals surface area contributed by atoms with Crippen LogP contribution in [-0.2, 0) is 10.8 Å². The molecule has 0 atom stereocenters. The standard InChI is InChI=1S/C58H45N/c1-57(2)51-26-13-10-21-45(51)47-36-32-41(37-53(47)57)38-29-33-42(34-30-38)59(56-43-20-9-8-19-40(43)31-35-44(56)39-17-6-5-7-18-39)54-28-15-12-23-48(54)50-25-16-24-49-46-22-11-14-27-52(46)58(3,4)55(49)50/h5-37H,1-4H3. The van der Waals surface area contributed by atoms with Crippen LogP contribution in [0.3, 0.4) is 0 Å². The summed E-state index contributed by atoms with van der Waals surface area (Å²) < 4.78 is 0. The molecule has 11 rings (SSSR count). The minimum Gasteiger partial charge on any atom is -0.309 e. The van der Waals surface area contributed by atoms with Crippen LogP contribution in [0.15, 0.2) is 200 Å². The first-order chi connectivity index (χ1) is 28.8. The van der Waals surface area contributed by atoms with E-state index in [1.165, 1.54) is 94.3 Å². The molecule has 1 heteroatoms. The zero-order valence-corrected chi connectivity index (χ0v) is 34.0. The summed E-state index contributed by atoms with van der Waals surface area (Å²) in [6.07, 6.45) is 0. The van der Waals surface area contributed by atoms with Gasteiger partial charge >= 0.3 is 0 Å². The van der Waals surface area contributed by atoms with E-state index in [0.29, 0.717) is 0 Å². The van der Waals surface area contributed by atoms with Crippen molar-refractivity contribution in [2.45, 2.75) is 38.5 Å². The minimum absolute atomic E-state index is 0.0574. The summed E-state index contributed by atoms with van der Waals surface area (Å²) in [5, 5.41) is 2.42. The number of benzene rings is 9. The molecule has 0 saturated carbocycles. The van der Waals surface area contributed by atoms with Gasteiger partial charge in [0.05, 0.1) is 11.4 Å². The number of hydrogen-bond donors (Lipinski definition) is 0. The van der Waals surface area contributed by atoms with Gasteiger partial charge in [-0.3, -0.25) is 0 Å². The van der Waals surface area contributed by atoms with Crippen molar-refractivity contribution in [1.82, 2.24) is 0 Å². The third-order valence-electron chi connectivity index (χ3n) is 13.3. The molecule has 0 bridgehead atoms. The second-order valence-corrected chi connectivity index (χ2v) is 17.3. The predicted molar refractivity (Wildman–Crippen MR) is 250 cm³/mol. The summed E-state index contributed by atoms with van der Waals surface area (Å²) in [6, 6.07) is 74.3. The average Bonchev–Trinajstić information content (AvgIpc) is 3.66. The van der Waals surface area contributed by atoms with Crippen LogP contribution in [0.2, 0.25) is 0 Å². The monoisotopic (exact) mass is 755 g/mol. The Hall–Kier alpha value is -6.96. The van der Waals surface area contributed by atoms with Crippen LogP contribution in [0.4, 0.5) is 17.1 Å². The van der Waals surface area contributed by atoms with E-state index in [2.05, 4.69) is 233 Å². The van der Waals surface area contributed by atoms with E-state index in [-0.39, 0.29) is 10.8 Å². The van der Waals surface area contributed by atoms with Gasteiger partial charge in [-0.25, -0.2) is 0 Å². The molecule has 282 valence electrons. The largest absolute Gasteiger partial charge is 0.309 e. The minimum atomic E-state index is -0.164. The highest BCUT2D eigenvalue weighted by Gasteiger charge is 2.38. The maximum atomic E-state index is 2.53. The van der Waals surface area contributed by atoms with Crippen molar-refractivity contribution < 1.29 is 0 Å². The number of hydrogen-bond acceptors (Lipinski definition) is 1. The molecule has 0 fully saturated rings. The lowest BCUT2D eigenvalue weighted by Crippen LogP contribution is -2.17. The van der Waals surface area contributed by atoms with E-state index in [9.17, 15) is 0 Å². The van der Waals surface area contributed by atoms with Crippen LogP contribution in [0, 0.1) is 0 Å². The number of para-hydroxylation sites is 1. The Bertz CT molecular complexity index is 3090. The second kappa shape index (κ2) is 13.3. The Labute approximate surface area is 347 Å². The fourth-order valence-electron chi connectivity index (χ4n) is 10.4. The molecule has 0 spiro atoms. The fraction of sp³-hybridized carbons (Fsp3) is 0.103. The van der Waals surface area contributed by atoms with Gasteiger partial charge in [0.15, 0.2) is 0 Å². The molecule has 59 heavy (non-hydrogen) atoms. The first-order valence-corrected chi connectivity index (χ1v) is 20.9. The summed E-state index contributed by atoms with van der Waals surface area (Å²) in [7, 11) is 0. The van der Waals surface area contributed by atoms with Crippen LogP contribution < -0.4 is 4.90 Å². The molecule has 9 aromatic carbocycles. The van der Waals surface area contributed by atoms with E-state index < -0.39 is 0 Å². The number of anilines is 3. The predicted octanol–water partition coefficient (Wildman–Crippen LogP) is 15.9. The Kier molecular flexibility index (Phi) is 7.94. The lowest BCUT2D eigenvalue weighted by Gasteiger charge is -2.32. The highest BCUT2D eigenvalue weighted by molar-refractivity contribution is 6.08. The zero-order chi connectivity index (χ0) is 39.9. The van der Waals surface area contributed by atoms with Crippen LogP contribution >= 0.6 is 0 Å². The SMILES string of the molecule is CC1(C)c2ccccc2-c2ccc(-c3ccc(N(c4ccccc4-c4cccc5c4C(C)(C)c4ccccc4-5)c4c(-c5ccccc5)ccc5ccccc45)cc3)cc21. The van der Waals surface area contributed by atoms with Gasteiger partial charge in [0.1, 0.15) is 0 Å². The fourth-order valence-corrected chi connectivity index (χ4v) is 10.4. The first-order valence-electron chi connectivity index (χ1n) is 20.9. The number of nitrogens with zero attached hydrogens (tertiary/aromatic N) is 1. The first kappa shape index (κ1) is 35.2. The van der Waals surface area contributed by atoms with Crippen molar-refractivity contribution in [1.29, 1.82) is 0 Å². The molecule has 0 saturated heterocycles. The van der Waals surface area contributed by atoms with Gasteiger partial charge in [-0.05, 0) is 96.4 Å². The number of fused-ring (bicyclic) bond motifs is 7. The van der Waals surface area contributed by atoms with E-state index >= 15 is 0 Å². The number of rotatable bonds is 6. The van der Waals surface area contributed by atoms with Crippen molar-refractivity contribution in [2.75, 3.05) is 4.90 Å². The summed E-state index contributed by atoms with van der Waals surface area (Å²) in [5.74, 6) is 0. The molecule has 0 heterocycles. The second-order valence-electron chi connectivity index (χ2n) is 17.3. The zero-order valence-electron chi connectivity index (χ0n) is 34.0. The quantitative estimate of drug-likeness (QED) is 0.163. The Morgan fingerprint density at radius 3 is 1.64 bits per heavy atom. The summed E-state index contributed by atoms with van der Waals surface area (Å²) in [4.78, 5) is 2.53. The topological polar surface area (TPSA) is 3.24 Å². The van der Waals surface area contributed by atoms with Crippen molar-refractivity contribution in [3.8, 4) is 55.6 Å². The molecule has 0 N–H and O–H groups in total. The van der Waals surface area contributed by atoms with E-state index in [4.69, 9.17) is 0 Å². The van der Waals surface area contributed by atoms with E-state index in [0.717, 1.165) is 11.4 Å². The third kappa shape index (κ3) is 5.38. The molecule has 0 aromatic heterocycles. The molecule has 9 aromatic rings. The van der Waals surface area contributed by atoms with Crippen LogP contribution in [0.1, 0.15) is 49.9 Å². The van der Waals surface area contributed by atoms with Gasteiger partial charge in [0.2, 0.25) is 0 Å². The Morgan fingerprint density at radius 1 is 0.339 bits per heavy atom. The van der Waals surface area contributed by atoms with Gasteiger partial charge in [0, 0.05) is 33.0 Å². The van der Waals surface area contributed by atoms with Crippen molar-refractivity contribution in [2.24, 2.45) is 0 Å². The molecule has 2 aliphatic rings. The molecule has 0 unspecified atom stereocenters. The average molecular weight is 756 g/mol. The van der Waals surface area contributed by atoms with Crippen molar-refractivity contribution in [3.63, 3.8) is 0 Å². The lowest BCUT2D eigenvalue weighted by molar-refractivity contribution is 0.660. The highest BCUT2D eigenvalue weighted by atomic mass is 15.1. The molecule has 0 amide bonds.